The quantitative estimate of drug-likeness (QED) is 0.697. The van der Waals surface area contributed by atoms with E-state index in [9.17, 15) is 14.0 Å². The van der Waals surface area contributed by atoms with Crippen molar-refractivity contribution in [3.05, 3.63) is 87.4 Å². The third-order valence-electron chi connectivity index (χ3n) is 5.14. The smallest absolute Gasteiger partial charge is 0.254 e. The van der Waals surface area contributed by atoms with Gasteiger partial charge in [-0.25, -0.2) is 4.39 Å². The van der Waals surface area contributed by atoms with Crippen molar-refractivity contribution in [2.24, 2.45) is 0 Å². The van der Waals surface area contributed by atoms with E-state index < -0.39 is 12.0 Å². The Morgan fingerprint density at radius 3 is 2.64 bits per heavy atom. The molecule has 2 amide bonds. The molecule has 3 aromatic rings. The van der Waals surface area contributed by atoms with Crippen molar-refractivity contribution in [1.82, 2.24) is 4.90 Å². The molecule has 0 saturated carbocycles. The monoisotopic (exact) mass is 394 g/mol. The highest BCUT2D eigenvalue weighted by atomic mass is 32.1. The van der Waals surface area contributed by atoms with E-state index in [-0.39, 0.29) is 17.6 Å². The molecule has 0 aliphatic carbocycles. The Balaban J connectivity index is 1.78. The van der Waals surface area contributed by atoms with Crippen LogP contribution in [-0.2, 0) is 4.79 Å². The highest BCUT2D eigenvalue weighted by Gasteiger charge is 2.43. The Bertz CT molecular complexity index is 1050. The van der Waals surface area contributed by atoms with Gasteiger partial charge >= 0.3 is 0 Å². The number of aryl methyl sites for hydroxylation is 1. The van der Waals surface area contributed by atoms with Crippen molar-refractivity contribution in [1.29, 1.82) is 0 Å². The second-order valence-corrected chi connectivity index (χ2v) is 7.87. The minimum atomic E-state index is -0.595. The molecule has 2 unspecified atom stereocenters. The summed E-state index contributed by atoms with van der Waals surface area (Å²) in [4.78, 5) is 28.7. The molecule has 0 bridgehead atoms. The molecule has 0 spiro atoms. The minimum Gasteiger partial charge on any atom is -0.333 e. The number of nitrogens with zero attached hydrogens (tertiary/aromatic N) is 1. The zero-order chi connectivity index (χ0) is 19.8. The summed E-state index contributed by atoms with van der Waals surface area (Å²) in [6.45, 7) is 1.67. The molecule has 1 aliphatic heterocycles. The second-order valence-electron chi connectivity index (χ2n) is 6.89. The molecule has 28 heavy (non-hydrogen) atoms. The van der Waals surface area contributed by atoms with Gasteiger partial charge in [0.2, 0.25) is 5.91 Å². The van der Waals surface area contributed by atoms with Gasteiger partial charge in [0.25, 0.3) is 5.91 Å². The molecular formula is C22H19FN2O2S. The molecule has 142 valence electrons. The van der Waals surface area contributed by atoms with Crippen molar-refractivity contribution in [3.63, 3.8) is 0 Å². The molecular weight excluding hydrogens is 375 g/mol. The lowest BCUT2D eigenvalue weighted by Crippen LogP contribution is -2.43. The molecule has 0 saturated heterocycles. The first-order valence-corrected chi connectivity index (χ1v) is 9.82. The van der Waals surface area contributed by atoms with Crippen molar-refractivity contribution in [2.75, 3.05) is 12.4 Å². The largest absolute Gasteiger partial charge is 0.333 e. The zero-order valence-electron chi connectivity index (χ0n) is 15.5. The average Bonchev–Trinajstić information content (AvgIpc) is 3.21. The highest BCUT2D eigenvalue weighted by Crippen LogP contribution is 2.43. The molecule has 1 aliphatic rings. The fraction of sp³-hybridized carbons (Fsp3) is 0.182. The van der Waals surface area contributed by atoms with E-state index in [4.69, 9.17) is 0 Å². The number of thiophene rings is 1. The third-order valence-corrected chi connectivity index (χ3v) is 6.08. The molecule has 4 rings (SSSR count). The number of anilines is 1. The van der Waals surface area contributed by atoms with Crippen LogP contribution in [0, 0.1) is 12.7 Å². The number of carbonyl (C=O) groups excluding carboxylic acids is 2. The Hall–Kier alpha value is -2.99. The van der Waals surface area contributed by atoms with E-state index in [0.717, 1.165) is 4.88 Å². The molecule has 2 atom stereocenters. The first-order valence-electron chi connectivity index (χ1n) is 8.94. The predicted octanol–water partition coefficient (Wildman–Crippen LogP) is 4.74. The van der Waals surface area contributed by atoms with Crippen molar-refractivity contribution >= 4 is 28.8 Å². The molecule has 1 aromatic heterocycles. The molecule has 0 radical (unpaired) electrons. The number of hydrogen-bond donors (Lipinski definition) is 1. The van der Waals surface area contributed by atoms with Crippen LogP contribution in [0.15, 0.2) is 60.0 Å². The van der Waals surface area contributed by atoms with Crippen molar-refractivity contribution in [3.8, 4) is 0 Å². The van der Waals surface area contributed by atoms with Gasteiger partial charge in [-0.15, -0.1) is 11.3 Å². The van der Waals surface area contributed by atoms with Crippen molar-refractivity contribution < 1.29 is 14.0 Å². The number of halogens is 1. The molecule has 1 N–H and O–H groups in total. The van der Waals surface area contributed by atoms with Gasteiger partial charge in [-0.1, -0.05) is 30.3 Å². The van der Waals surface area contributed by atoms with Crippen LogP contribution in [0.4, 0.5) is 10.1 Å². The van der Waals surface area contributed by atoms with Gasteiger partial charge in [0.1, 0.15) is 5.82 Å². The SMILES string of the molecule is Cc1ccc(NC(=O)C2c3ccccc3C(=O)N(C)C2c2cccs2)cc1F. The van der Waals surface area contributed by atoms with Gasteiger partial charge in [0.05, 0.1) is 12.0 Å². The summed E-state index contributed by atoms with van der Waals surface area (Å²) in [6.07, 6.45) is 0. The summed E-state index contributed by atoms with van der Waals surface area (Å²) in [5, 5.41) is 4.76. The summed E-state index contributed by atoms with van der Waals surface area (Å²) in [6, 6.07) is 15.2. The number of amides is 2. The number of fused-ring (bicyclic) bond motifs is 1. The minimum absolute atomic E-state index is 0.112. The summed E-state index contributed by atoms with van der Waals surface area (Å²) >= 11 is 1.51. The maximum absolute atomic E-state index is 13.9. The maximum atomic E-state index is 13.9. The van der Waals surface area contributed by atoms with Crippen LogP contribution < -0.4 is 5.32 Å². The molecule has 2 aromatic carbocycles. The lowest BCUT2D eigenvalue weighted by atomic mass is 9.81. The normalized spacial score (nSPS) is 18.7. The molecule has 4 nitrogen and oxygen atoms in total. The highest BCUT2D eigenvalue weighted by molar-refractivity contribution is 7.10. The summed E-state index contributed by atoms with van der Waals surface area (Å²) in [7, 11) is 1.72. The third kappa shape index (κ3) is 3.10. The first-order chi connectivity index (χ1) is 13.5. The number of nitrogens with one attached hydrogen (secondary N) is 1. The topological polar surface area (TPSA) is 49.4 Å². The van der Waals surface area contributed by atoms with Crippen LogP contribution in [0.3, 0.4) is 0 Å². The number of rotatable bonds is 3. The van der Waals surface area contributed by atoms with E-state index >= 15 is 0 Å². The summed E-state index contributed by atoms with van der Waals surface area (Å²) < 4.78 is 13.9. The molecule has 0 fully saturated rings. The first kappa shape index (κ1) is 18.4. The van der Waals surface area contributed by atoms with Gasteiger partial charge in [0.15, 0.2) is 0 Å². The maximum Gasteiger partial charge on any atom is 0.254 e. The van der Waals surface area contributed by atoms with Gasteiger partial charge in [0, 0.05) is 23.2 Å². The van der Waals surface area contributed by atoms with E-state index in [1.54, 1.807) is 43.1 Å². The van der Waals surface area contributed by atoms with Gasteiger partial charge < -0.3 is 10.2 Å². The van der Waals surface area contributed by atoms with Crippen LogP contribution in [0.25, 0.3) is 0 Å². The van der Waals surface area contributed by atoms with Crippen LogP contribution >= 0.6 is 11.3 Å². The van der Waals surface area contributed by atoms with E-state index in [0.29, 0.717) is 22.4 Å². The van der Waals surface area contributed by atoms with Crippen LogP contribution in [0.2, 0.25) is 0 Å². The fourth-order valence-corrected chi connectivity index (χ4v) is 4.57. The molecule has 6 heteroatoms. The Kier molecular flexibility index (Phi) is 4.73. The average molecular weight is 394 g/mol. The predicted molar refractivity (Wildman–Crippen MR) is 108 cm³/mol. The summed E-state index contributed by atoms with van der Waals surface area (Å²) in [5.74, 6) is -1.35. The van der Waals surface area contributed by atoms with Crippen LogP contribution in [-0.4, -0.2) is 23.8 Å². The van der Waals surface area contributed by atoms with Gasteiger partial charge in [-0.05, 0) is 47.7 Å². The zero-order valence-corrected chi connectivity index (χ0v) is 16.3. The lowest BCUT2D eigenvalue weighted by Gasteiger charge is -2.39. The molecule has 2 heterocycles. The number of benzene rings is 2. The van der Waals surface area contributed by atoms with E-state index in [1.807, 2.05) is 29.6 Å². The van der Waals surface area contributed by atoms with Crippen LogP contribution in [0.1, 0.15) is 38.3 Å². The standard InChI is InChI=1S/C22H19FN2O2S/c1-13-9-10-14(12-17(13)23)24-21(26)19-15-6-3-4-7-16(15)22(27)25(2)20(19)18-8-5-11-28-18/h3-12,19-20H,1-2H3,(H,24,26). The van der Waals surface area contributed by atoms with Crippen LogP contribution in [0.5, 0.6) is 0 Å². The lowest BCUT2D eigenvalue weighted by molar-refractivity contribution is -0.119. The van der Waals surface area contributed by atoms with E-state index in [2.05, 4.69) is 5.32 Å². The van der Waals surface area contributed by atoms with Gasteiger partial charge in [-0.2, -0.15) is 0 Å². The fourth-order valence-electron chi connectivity index (χ4n) is 3.66. The Labute approximate surface area is 166 Å². The van der Waals surface area contributed by atoms with E-state index in [1.165, 1.54) is 17.4 Å². The Morgan fingerprint density at radius 2 is 1.93 bits per heavy atom. The van der Waals surface area contributed by atoms with Gasteiger partial charge in [-0.3, -0.25) is 9.59 Å². The number of carbonyl (C=O) groups is 2. The Morgan fingerprint density at radius 1 is 1.14 bits per heavy atom. The summed E-state index contributed by atoms with van der Waals surface area (Å²) in [5.41, 5.74) is 2.12. The number of likely N-dealkylation sites (N-methyl/N-ethyl adjacent to an activating group) is 1. The number of hydrogen-bond acceptors (Lipinski definition) is 3. The second kappa shape index (κ2) is 7.20. The van der Waals surface area contributed by atoms with Crippen molar-refractivity contribution in [2.45, 2.75) is 18.9 Å².